The Morgan fingerprint density at radius 2 is 1.84 bits per heavy atom. The summed E-state index contributed by atoms with van der Waals surface area (Å²) in [4.78, 5) is 16.0. The van der Waals surface area contributed by atoms with Crippen LogP contribution in [0.25, 0.3) is 0 Å². The molecule has 1 aliphatic heterocycles. The van der Waals surface area contributed by atoms with Crippen molar-refractivity contribution in [3.8, 4) is 17.6 Å². The van der Waals surface area contributed by atoms with Crippen LogP contribution in [-0.4, -0.2) is 53.8 Å². The monoisotopic (exact) mass is 418 g/mol. The highest BCUT2D eigenvalue weighted by molar-refractivity contribution is 5.69. The van der Waals surface area contributed by atoms with Gasteiger partial charge in [-0.1, -0.05) is 31.2 Å². The van der Waals surface area contributed by atoms with E-state index in [1.165, 1.54) is 45.6 Å². The van der Waals surface area contributed by atoms with Crippen molar-refractivity contribution < 1.29 is 9.53 Å². The van der Waals surface area contributed by atoms with Crippen molar-refractivity contribution in [1.29, 1.82) is 0 Å². The Labute approximate surface area is 184 Å². The Morgan fingerprint density at radius 1 is 1.03 bits per heavy atom. The Kier molecular flexibility index (Phi) is 7.16. The van der Waals surface area contributed by atoms with Gasteiger partial charge in [-0.2, -0.15) is 0 Å². The predicted octanol–water partition coefficient (Wildman–Crippen LogP) is 3.50. The van der Waals surface area contributed by atoms with E-state index in [4.69, 9.17) is 4.74 Å². The van der Waals surface area contributed by atoms with Gasteiger partial charge in [-0.3, -0.25) is 9.69 Å². The number of hydrogen-bond acceptors (Lipinski definition) is 6. The van der Waals surface area contributed by atoms with Crippen LogP contribution in [0.15, 0.2) is 36.4 Å². The first-order valence-electron chi connectivity index (χ1n) is 11.3. The average Bonchev–Trinajstić information content (AvgIpc) is 2.79. The summed E-state index contributed by atoms with van der Waals surface area (Å²) in [7, 11) is 0. The predicted molar refractivity (Wildman–Crippen MR) is 121 cm³/mol. The molecule has 0 spiro atoms. The highest BCUT2D eigenvalue weighted by Gasteiger charge is 2.22. The Balaban J connectivity index is 1.30. The quantitative estimate of drug-likeness (QED) is 0.430. The van der Waals surface area contributed by atoms with Crippen molar-refractivity contribution in [1.82, 2.24) is 15.1 Å². The number of hydrogen-bond donors (Lipinski definition) is 0. The van der Waals surface area contributed by atoms with Crippen molar-refractivity contribution in [2.45, 2.75) is 39.0 Å². The summed E-state index contributed by atoms with van der Waals surface area (Å²) < 4.78 is 5.10. The van der Waals surface area contributed by atoms with E-state index >= 15 is 0 Å². The number of rotatable bonds is 4. The third-order valence-electron chi connectivity index (χ3n) is 6.02. The number of nitrogens with zero attached hydrogens (tertiary/aromatic N) is 4. The van der Waals surface area contributed by atoms with E-state index in [9.17, 15) is 4.79 Å². The third kappa shape index (κ3) is 6.28. The lowest BCUT2D eigenvalue weighted by Crippen LogP contribution is -2.48. The maximum absolute atomic E-state index is 11.1. The van der Waals surface area contributed by atoms with Gasteiger partial charge in [0.05, 0.1) is 0 Å². The van der Waals surface area contributed by atoms with Crippen LogP contribution < -0.4 is 9.64 Å². The lowest BCUT2D eigenvalue weighted by atomic mass is 9.89. The SMILES string of the molecule is CC(=O)Oc1cccc(C#Cc2ccc(N3CCN(CC4CCCCC4)CC3)nn2)c1. The summed E-state index contributed by atoms with van der Waals surface area (Å²) in [5.41, 5.74) is 1.39. The van der Waals surface area contributed by atoms with E-state index in [1.54, 1.807) is 12.1 Å². The van der Waals surface area contributed by atoms with Crippen LogP contribution in [0.4, 0.5) is 5.82 Å². The average molecular weight is 419 g/mol. The molecule has 1 aromatic carbocycles. The van der Waals surface area contributed by atoms with Crippen LogP contribution in [0.5, 0.6) is 5.75 Å². The number of piperazine rings is 1. The molecule has 4 rings (SSSR count). The number of carbonyl (C=O) groups is 1. The van der Waals surface area contributed by atoms with Gasteiger partial charge >= 0.3 is 5.97 Å². The molecule has 2 heterocycles. The first-order chi connectivity index (χ1) is 15.2. The molecule has 2 aliphatic rings. The second-order valence-corrected chi connectivity index (χ2v) is 8.44. The molecule has 1 saturated heterocycles. The van der Waals surface area contributed by atoms with Crippen LogP contribution in [0, 0.1) is 17.8 Å². The molecule has 0 radical (unpaired) electrons. The summed E-state index contributed by atoms with van der Waals surface area (Å²) in [6, 6.07) is 11.1. The topological polar surface area (TPSA) is 58.6 Å². The fourth-order valence-electron chi connectivity index (χ4n) is 4.39. The summed E-state index contributed by atoms with van der Waals surface area (Å²) in [5.74, 6) is 8.04. The van der Waals surface area contributed by atoms with Gasteiger partial charge in [-0.05, 0) is 55.0 Å². The van der Waals surface area contributed by atoms with E-state index in [0.717, 1.165) is 43.5 Å². The number of esters is 1. The van der Waals surface area contributed by atoms with Crippen LogP contribution in [-0.2, 0) is 4.79 Å². The molecule has 162 valence electrons. The summed E-state index contributed by atoms with van der Waals surface area (Å²) >= 11 is 0. The standard InChI is InChI=1S/C25H30N4O2/c1-20(30)31-24-9-5-8-21(18-24)10-11-23-12-13-25(27-26-23)29-16-14-28(15-17-29)19-22-6-3-2-4-7-22/h5,8-9,12-13,18,22H,2-4,6-7,14-17,19H2,1H3. The van der Waals surface area contributed by atoms with Crippen LogP contribution in [0.2, 0.25) is 0 Å². The largest absolute Gasteiger partial charge is 0.427 e. The molecule has 0 N–H and O–H groups in total. The van der Waals surface area contributed by atoms with Crippen LogP contribution >= 0.6 is 0 Å². The van der Waals surface area contributed by atoms with Crippen molar-refractivity contribution in [2.75, 3.05) is 37.6 Å². The third-order valence-corrected chi connectivity index (χ3v) is 6.02. The van der Waals surface area contributed by atoms with E-state index in [1.807, 2.05) is 24.3 Å². The van der Waals surface area contributed by atoms with Crippen molar-refractivity contribution in [2.24, 2.45) is 5.92 Å². The van der Waals surface area contributed by atoms with Gasteiger partial charge < -0.3 is 9.64 Å². The molecule has 1 aromatic heterocycles. The second kappa shape index (κ2) is 10.4. The zero-order valence-corrected chi connectivity index (χ0v) is 18.2. The molecule has 2 aromatic rings. The van der Waals surface area contributed by atoms with Gasteiger partial charge in [0.15, 0.2) is 5.82 Å². The Morgan fingerprint density at radius 3 is 2.55 bits per heavy atom. The molecule has 0 amide bonds. The fourth-order valence-corrected chi connectivity index (χ4v) is 4.39. The molecule has 0 bridgehead atoms. The minimum atomic E-state index is -0.346. The van der Waals surface area contributed by atoms with E-state index in [0.29, 0.717) is 11.4 Å². The number of benzene rings is 1. The highest BCUT2D eigenvalue weighted by Crippen LogP contribution is 2.25. The molecular weight excluding hydrogens is 388 g/mol. The fraction of sp³-hybridized carbons (Fsp3) is 0.480. The highest BCUT2D eigenvalue weighted by atomic mass is 16.5. The Bertz CT molecular complexity index is 934. The van der Waals surface area contributed by atoms with Crippen LogP contribution in [0.1, 0.15) is 50.3 Å². The van der Waals surface area contributed by atoms with Crippen molar-refractivity contribution in [3.05, 3.63) is 47.7 Å². The lowest BCUT2D eigenvalue weighted by molar-refractivity contribution is -0.131. The zero-order valence-electron chi connectivity index (χ0n) is 18.2. The van der Waals surface area contributed by atoms with Gasteiger partial charge in [0.2, 0.25) is 0 Å². The zero-order chi connectivity index (χ0) is 21.5. The van der Waals surface area contributed by atoms with E-state index in [2.05, 4.69) is 31.8 Å². The molecular formula is C25H30N4O2. The summed E-state index contributed by atoms with van der Waals surface area (Å²) in [6.45, 7) is 6.82. The minimum absolute atomic E-state index is 0.346. The normalized spacial score (nSPS) is 17.6. The van der Waals surface area contributed by atoms with Crippen molar-refractivity contribution in [3.63, 3.8) is 0 Å². The first kappa shape index (κ1) is 21.3. The van der Waals surface area contributed by atoms with Gasteiger partial charge in [-0.25, -0.2) is 0 Å². The van der Waals surface area contributed by atoms with E-state index in [-0.39, 0.29) is 5.97 Å². The lowest BCUT2D eigenvalue weighted by Gasteiger charge is -2.37. The summed E-state index contributed by atoms with van der Waals surface area (Å²) in [5, 5.41) is 8.69. The van der Waals surface area contributed by atoms with Gasteiger partial charge in [0, 0.05) is 45.2 Å². The number of anilines is 1. The van der Waals surface area contributed by atoms with E-state index < -0.39 is 0 Å². The smallest absolute Gasteiger partial charge is 0.308 e. The minimum Gasteiger partial charge on any atom is -0.427 e. The van der Waals surface area contributed by atoms with Gasteiger partial charge in [-0.15, -0.1) is 10.2 Å². The molecule has 6 heteroatoms. The molecule has 6 nitrogen and oxygen atoms in total. The number of ether oxygens (including phenoxy) is 1. The summed E-state index contributed by atoms with van der Waals surface area (Å²) in [6.07, 6.45) is 7.05. The molecule has 1 aliphatic carbocycles. The molecule has 0 unspecified atom stereocenters. The number of carbonyl (C=O) groups excluding carboxylic acids is 1. The first-order valence-corrected chi connectivity index (χ1v) is 11.3. The maximum Gasteiger partial charge on any atom is 0.308 e. The number of aromatic nitrogens is 2. The molecule has 31 heavy (non-hydrogen) atoms. The molecule has 0 atom stereocenters. The van der Waals surface area contributed by atoms with Gasteiger partial charge in [0.25, 0.3) is 0 Å². The molecule has 2 fully saturated rings. The molecule has 1 saturated carbocycles. The second-order valence-electron chi connectivity index (χ2n) is 8.44. The Hall–Kier alpha value is -2.91. The maximum atomic E-state index is 11.1. The van der Waals surface area contributed by atoms with Gasteiger partial charge in [0.1, 0.15) is 11.4 Å². The van der Waals surface area contributed by atoms with Crippen LogP contribution in [0.3, 0.4) is 0 Å². The van der Waals surface area contributed by atoms with Crippen molar-refractivity contribution >= 4 is 11.8 Å².